The van der Waals surface area contributed by atoms with E-state index in [-0.39, 0.29) is 24.6 Å². The van der Waals surface area contributed by atoms with Gasteiger partial charge in [-0.2, -0.15) is 10.1 Å². The number of hydrogen-bond acceptors (Lipinski definition) is 8. The van der Waals surface area contributed by atoms with Crippen LogP contribution in [-0.2, 0) is 11.2 Å². The molecule has 0 spiro atoms. The quantitative estimate of drug-likeness (QED) is 0.360. The second kappa shape index (κ2) is 9.49. The highest BCUT2D eigenvalue weighted by molar-refractivity contribution is 6.00. The van der Waals surface area contributed by atoms with Crippen molar-refractivity contribution >= 4 is 29.0 Å². The van der Waals surface area contributed by atoms with Gasteiger partial charge in [0.05, 0.1) is 42.1 Å². The molecule has 12 nitrogen and oxygen atoms in total. The van der Waals surface area contributed by atoms with Crippen LogP contribution in [0.2, 0.25) is 0 Å². The minimum Gasteiger partial charge on any atom is -0.481 e. The molecule has 0 aliphatic heterocycles. The SMILES string of the molecule is Cc1cc(NC(=O)Nc2cnc3ccnn3c2C2CCCC2)cnc1-c1noc(CCC(=O)O)n1. The normalized spacial score (nSPS) is 13.9. The lowest BCUT2D eigenvalue weighted by Crippen LogP contribution is -2.22. The standard InChI is InChI=1S/C23H24N8O4/c1-13-10-15(11-25-20(13)22-29-18(35-30-22)6-7-19(32)33)27-23(34)28-16-12-24-17-8-9-26-31(17)21(16)14-4-2-3-5-14/h8-12,14H,2-7H2,1H3,(H,32,33)(H2,27,28,34). The summed E-state index contributed by atoms with van der Waals surface area (Å²) >= 11 is 0. The van der Waals surface area contributed by atoms with Crippen molar-refractivity contribution in [2.45, 2.75) is 51.4 Å². The van der Waals surface area contributed by atoms with Crippen LogP contribution in [0.5, 0.6) is 0 Å². The van der Waals surface area contributed by atoms with E-state index in [0.29, 0.717) is 23.0 Å². The average molecular weight is 476 g/mol. The van der Waals surface area contributed by atoms with Gasteiger partial charge in [-0.05, 0) is 31.4 Å². The number of carboxylic acid groups (broad SMARTS) is 1. The molecule has 4 heterocycles. The van der Waals surface area contributed by atoms with Gasteiger partial charge in [-0.15, -0.1) is 0 Å². The Kier molecular flexibility index (Phi) is 6.08. The van der Waals surface area contributed by atoms with Crippen molar-refractivity contribution < 1.29 is 19.2 Å². The third kappa shape index (κ3) is 4.81. The van der Waals surface area contributed by atoms with Gasteiger partial charge >= 0.3 is 12.0 Å². The summed E-state index contributed by atoms with van der Waals surface area (Å²) in [6, 6.07) is 3.18. The summed E-state index contributed by atoms with van der Waals surface area (Å²) < 4.78 is 6.91. The topological polar surface area (TPSA) is 160 Å². The van der Waals surface area contributed by atoms with Gasteiger partial charge in [0, 0.05) is 18.4 Å². The predicted octanol–water partition coefficient (Wildman–Crippen LogP) is 3.80. The Labute approximate surface area is 199 Å². The molecular weight excluding hydrogens is 452 g/mol. The number of carboxylic acids is 1. The number of anilines is 2. The molecule has 0 atom stereocenters. The summed E-state index contributed by atoms with van der Waals surface area (Å²) in [6.07, 6.45) is 9.33. The van der Waals surface area contributed by atoms with E-state index >= 15 is 0 Å². The van der Waals surface area contributed by atoms with Crippen molar-refractivity contribution in [1.29, 1.82) is 0 Å². The molecule has 2 amide bonds. The summed E-state index contributed by atoms with van der Waals surface area (Å²) in [4.78, 5) is 36.5. The average Bonchev–Trinajstić information content (AvgIpc) is 3.59. The molecule has 0 aromatic carbocycles. The lowest BCUT2D eigenvalue weighted by Gasteiger charge is -2.17. The third-order valence-corrected chi connectivity index (χ3v) is 6.01. The van der Waals surface area contributed by atoms with E-state index in [1.807, 2.05) is 17.5 Å². The van der Waals surface area contributed by atoms with Crippen LogP contribution in [0.4, 0.5) is 16.2 Å². The highest BCUT2D eigenvalue weighted by Crippen LogP contribution is 2.37. The van der Waals surface area contributed by atoms with Gasteiger partial charge < -0.3 is 20.3 Å². The largest absolute Gasteiger partial charge is 0.481 e. The second-order valence-corrected chi connectivity index (χ2v) is 8.51. The third-order valence-electron chi connectivity index (χ3n) is 6.01. The second-order valence-electron chi connectivity index (χ2n) is 8.51. The Hall–Kier alpha value is -4.35. The zero-order valence-corrected chi connectivity index (χ0v) is 19.1. The number of rotatable bonds is 7. The number of urea groups is 1. The highest BCUT2D eigenvalue weighted by Gasteiger charge is 2.25. The van der Waals surface area contributed by atoms with Crippen LogP contribution in [0, 0.1) is 6.92 Å². The van der Waals surface area contributed by atoms with Gasteiger partial charge in [0.1, 0.15) is 5.69 Å². The van der Waals surface area contributed by atoms with Crippen LogP contribution in [0.15, 0.2) is 35.2 Å². The summed E-state index contributed by atoms with van der Waals surface area (Å²) in [6.45, 7) is 1.81. The number of amides is 2. The molecule has 0 radical (unpaired) electrons. The van der Waals surface area contributed by atoms with E-state index in [1.165, 1.54) is 6.20 Å². The molecule has 1 aliphatic carbocycles. The number of aromatic nitrogens is 6. The minimum absolute atomic E-state index is 0.0999. The van der Waals surface area contributed by atoms with Crippen LogP contribution < -0.4 is 10.6 Å². The molecule has 0 saturated heterocycles. The zero-order chi connectivity index (χ0) is 24.4. The maximum atomic E-state index is 12.8. The van der Waals surface area contributed by atoms with E-state index in [1.54, 1.807) is 18.5 Å². The first-order valence-corrected chi connectivity index (χ1v) is 11.4. The minimum atomic E-state index is -0.941. The number of carbonyl (C=O) groups is 2. The molecule has 1 aliphatic rings. The van der Waals surface area contributed by atoms with Crippen LogP contribution in [-0.4, -0.2) is 46.8 Å². The first-order chi connectivity index (χ1) is 17.0. The van der Waals surface area contributed by atoms with Gasteiger partial charge in [-0.1, -0.05) is 18.0 Å². The maximum absolute atomic E-state index is 12.8. The van der Waals surface area contributed by atoms with Crippen molar-refractivity contribution in [3.63, 3.8) is 0 Å². The van der Waals surface area contributed by atoms with Crippen LogP contribution in [0.3, 0.4) is 0 Å². The number of aryl methyl sites for hydroxylation is 2. The summed E-state index contributed by atoms with van der Waals surface area (Å²) in [5.74, 6) is -0.137. The molecule has 0 unspecified atom stereocenters. The molecule has 1 fully saturated rings. The Morgan fingerprint density at radius 2 is 2.03 bits per heavy atom. The van der Waals surface area contributed by atoms with Crippen molar-refractivity contribution in [2.75, 3.05) is 10.6 Å². The Bertz CT molecular complexity index is 1390. The first kappa shape index (κ1) is 22.4. The van der Waals surface area contributed by atoms with Crippen molar-refractivity contribution in [2.24, 2.45) is 0 Å². The Balaban J connectivity index is 1.30. The number of nitrogens with zero attached hydrogens (tertiary/aromatic N) is 6. The molecular formula is C23H24N8O4. The first-order valence-electron chi connectivity index (χ1n) is 11.4. The van der Waals surface area contributed by atoms with Gasteiger partial charge in [-0.25, -0.2) is 14.3 Å². The molecule has 4 aromatic rings. The van der Waals surface area contributed by atoms with Crippen molar-refractivity contribution in [1.82, 2.24) is 29.7 Å². The predicted molar refractivity (Wildman–Crippen MR) is 125 cm³/mol. The Morgan fingerprint density at radius 3 is 2.80 bits per heavy atom. The molecule has 1 saturated carbocycles. The number of nitrogens with one attached hydrogen (secondary N) is 2. The van der Waals surface area contributed by atoms with Crippen LogP contribution >= 0.6 is 0 Å². The molecule has 5 rings (SSSR count). The zero-order valence-electron chi connectivity index (χ0n) is 19.1. The van der Waals surface area contributed by atoms with E-state index in [2.05, 4.69) is 35.8 Å². The van der Waals surface area contributed by atoms with Gasteiger partial charge in [-0.3, -0.25) is 9.78 Å². The summed E-state index contributed by atoms with van der Waals surface area (Å²) in [5, 5.41) is 22.8. The summed E-state index contributed by atoms with van der Waals surface area (Å²) in [5.41, 5.74) is 4.05. The maximum Gasteiger partial charge on any atom is 0.323 e. The fraction of sp³-hybridized carbons (Fsp3) is 0.348. The lowest BCUT2D eigenvalue weighted by molar-refractivity contribution is -0.137. The number of aliphatic carboxylic acids is 1. The van der Waals surface area contributed by atoms with Crippen LogP contribution in [0.1, 0.15) is 55.2 Å². The number of pyridine rings is 1. The van der Waals surface area contributed by atoms with Gasteiger partial charge in [0.2, 0.25) is 11.7 Å². The fourth-order valence-electron chi connectivity index (χ4n) is 4.41. The highest BCUT2D eigenvalue weighted by atomic mass is 16.5. The molecule has 180 valence electrons. The number of carbonyl (C=O) groups excluding carboxylic acids is 1. The van der Waals surface area contributed by atoms with Gasteiger partial charge in [0.15, 0.2) is 5.65 Å². The number of fused-ring (bicyclic) bond motifs is 1. The fourth-order valence-corrected chi connectivity index (χ4v) is 4.41. The van der Waals surface area contributed by atoms with E-state index in [0.717, 1.165) is 42.6 Å². The molecule has 12 heteroatoms. The summed E-state index contributed by atoms with van der Waals surface area (Å²) in [7, 11) is 0. The van der Waals surface area contributed by atoms with Crippen LogP contribution in [0.25, 0.3) is 17.2 Å². The monoisotopic (exact) mass is 476 g/mol. The lowest BCUT2D eigenvalue weighted by atomic mass is 10.0. The molecule has 0 bridgehead atoms. The van der Waals surface area contributed by atoms with Crippen molar-refractivity contribution in [3.8, 4) is 11.5 Å². The van der Waals surface area contributed by atoms with Crippen molar-refractivity contribution in [3.05, 3.63) is 47.9 Å². The molecule has 3 N–H and O–H groups in total. The smallest absolute Gasteiger partial charge is 0.323 e. The molecule has 4 aromatic heterocycles. The molecule has 35 heavy (non-hydrogen) atoms. The van der Waals surface area contributed by atoms with Gasteiger partial charge in [0.25, 0.3) is 0 Å². The van der Waals surface area contributed by atoms with E-state index in [4.69, 9.17) is 9.63 Å². The Morgan fingerprint density at radius 1 is 1.20 bits per heavy atom. The van der Waals surface area contributed by atoms with E-state index < -0.39 is 12.0 Å². The number of hydrogen-bond donors (Lipinski definition) is 3. The van der Waals surface area contributed by atoms with E-state index in [9.17, 15) is 9.59 Å².